The van der Waals surface area contributed by atoms with Crippen LogP contribution in [0.25, 0.3) is 0 Å². The Balaban J connectivity index is 1.87. The second-order valence-electron chi connectivity index (χ2n) is 6.05. The molecule has 2 amide bonds. The van der Waals surface area contributed by atoms with Crippen molar-refractivity contribution in [3.8, 4) is 11.5 Å². The van der Waals surface area contributed by atoms with Crippen LogP contribution < -0.4 is 9.47 Å². The van der Waals surface area contributed by atoms with Crippen LogP contribution in [0.4, 0.5) is 0 Å². The van der Waals surface area contributed by atoms with Crippen molar-refractivity contribution in [1.29, 1.82) is 0 Å². The highest BCUT2D eigenvalue weighted by atomic mass is 16.5. The third-order valence-corrected chi connectivity index (χ3v) is 4.77. The summed E-state index contributed by atoms with van der Waals surface area (Å²) in [6, 6.07) is 3.71. The Hall–Kier alpha value is -2.30. The lowest BCUT2D eigenvalue weighted by Gasteiger charge is -2.18. The van der Waals surface area contributed by atoms with E-state index in [1.807, 2.05) is 31.2 Å². The van der Waals surface area contributed by atoms with Crippen molar-refractivity contribution in [2.24, 2.45) is 11.8 Å². The van der Waals surface area contributed by atoms with Crippen LogP contribution in [0.3, 0.4) is 0 Å². The number of likely N-dealkylation sites (tertiary alicyclic amines) is 1. The highest BCUT2D eigenvalue weighted by Gasteiger charge is 2.47. The summed E-state index contributed by atoms with van der Waals surface area (Å²) in [6.45, 7) is 2.23. The van der Waals surface area contributed by atoms with Crippen LogP contribution in [-0.4, -0.2) is 30.9 Å². The van der Waals surface area contributed by atoms with Crippen LogP contribution in [0.15, 0.2) is 24.3 Å². The van der Waals surface area contributed by atoms with E-state index in [9.17, 15) is 9.59 Å². The van der Waals surface area contributed by atoms with Gasteiger partial charge in [-0.25, -0.2) is 0 Å². The van der Waals surface area contributed by atoms with Crippen molar-refractivity contribution in [2.45, 2.75) is 26.3 Å². The van der Waals surface area contributed by atoms with Crippen molar-refractivity contribution in [3.63, 3.8) is 0 Å². The maximum absolute atomic E-state index is 12.6. The summed E-state index contributed by atoms with van der Waals surface area (Å²) in [6.07, 6.45) is 5.32. The third-order valence-electron chi connectivity index (χ3n) is 4.77. The second kappa shape index (κ2) is 6.07. The van der Waals surface area contributed by atoms with Crippen LogP contribution in [0.2, 0.25) is 0 Å². The van der Waals surface area contributed by atoms with Crippen LogP contribution >= 0.6 is 0 Å². The van der Waals surface area contributed by atoms with Crippen molar-refractivity contribution >= 4 is 11.8 Å². The van der Waals surface area contributed by atoms with E-state index < -0.39 is 0 Å². The van der Waals surface area contributed by atoms with Gasteiger partial charge in [0.25, 0.3) is 0 Å². The first-order chi connectivity index (χ1) is 11.1. The normalized spacial score (nSPS) is 23.2. The molecule has 122 valence electrons. The number of aryl methyl sites for hydroxylation is 1. The lowest BCUT2D eigenvalue weighted by Crippen LogP contribution is -2.30. The maximum Gasteiger partial charge on any atom is 0.233 e. The summed E-state index contributed by atoms with van der Waals surface area (Å²) < 4.78 is 10.6. The van der Waals surface area contributed by atoms with Crippen LogP contribution in [-0.2, 0) is 16.1 Å². The molecule has 0 bridgehead atoms. The Morgan fingerprint density at radius 2 is 1.52 bits per heavy atom. The fourth-order valence-corrected chi connectivity index (χ4v) is 3.39. The van der Waals surface area contributed by atoms with Crippen molar-refractivity contribution in [1.82, 2.24) is 4.90 Å². The molecule has 1 heterocycles. The molecular weight excluding hydrogens is 294 g/mol. The minimum absolute atomic E-state index is 0.0569. The molecule has 2 atom stereocenters. The molecule has 3 rings (SSSR count). The van der Waals surface area contributed by atoms with E-state index in [0.717, 1.165) is 11.1 Å². The van der Waals surface area contributed by atoms with E-state index in [2.05, 4.69) is 0 Å². The Labute approximate surface area is 135 Å². The number of nitrogens with zero attached hydrogens (tertiary/aromatic N) is 1. The molecule has 23 heavy (non-hydrogen) atoms. The zero-order valence-electron chi connectivity index (χ0n) is 13.7. The summed E-state index contributed by atoms with van der Waals surface area (Å²) >= 11 is 0. The first-order valence-electron chi connectivity index (χ1n) is 7.78. The number of methoxy groups -OCH3 is 2. The van der Waals surface area contributed by atoms with Crippen molar-refractivity contribution in [3.05, 3.63) is 35.4 Å². The molecule has 1 aliphatic carbocycles. The molecular formula is C18H21NO4. The smallest absolute Gasteiger partial charge is 0.233 e. The third kappa shape index (κ3) is 2.60. The number of benzene rings is 1. The Morgan fingerprint density at radius 3 is 2.04 bits per heavy atom. The molecule has 5 nitrogen and oxygen atoms in total. The second-order valence-corrected chi connectivity index (χ2v) is 6.05. The zero-order chi connectivity index (χ0) is 16.6. The molecule has 0 aromatic heterocycles. The fourth-order valence-electron chi connectivity index (χ4n) is 3.39. The van der Waals surface area contributed by atoms with Gasteiger partial charge in [-0.3, -0.25) is 14.5 Å². The van der Waals surface area contributed by atoms with E-state index in [1.54, 1.807) is 14.2 Å². The number of rotatable bonds is 4. The molecule has 2 aliphatic rings. The quantitative estimate of drug-likeness (QED) is 0.633. The Kier molecular flexibility index (Phi) is 4.11. The Morgan fingerprint density at radius 1 is 1.00 bits per heavy atom. The number of fused-ring (bicyclic) bond motifs is 1. The van der Waals surface area contributed by atoms with Gasteiger partial charge in [0.1, 0.15) is 0 Å². The largest absolute Gasteiger partial charge is 0.493 e. The standard InChI is InChI=1S/C18H21NO4/c1-11-8-15(22-2)16(23-3)9-12(11)10-19-17(20)13-6-4-5-7-14(13)18(19)21/h4-5,8-9,13-14H,6-7,10H2,1-3H3/t13-,14+. The average molecular weight is 315 g/mol. The molecule has 0 spiro atoms. The number of carbonyl (C=O) groups is 2. The molecule has 1 saturated heterocycles. The zero-order valence-corrected chi connectivity index (χ0v) is 13.7. The molecule has 1 fully saturated rings. The number of ether oxygens (including phenoxy) is 2. The molecule has 0 saturated carbocycles. The molecule has 5 heteroatoms. The van der Waals surface area contributed by atoms with Crippen LogP contribution in [0.5, 0.6) is 11.5 Å². The monoisotopic (exact) mass is 315 g/mol. The molecule has 1 aromatic rings. The topological polar surface area (TPSA) is 55.8 Å². The van der Waals surface area contributed by atoms with Crippen molar-refractivity contribution in [2.75, 3.05) is 14.2 Å². The lowest BCUT2D eigenvalue weighted by molar-refractivity contribution is -0.140. The van der Waals surface area contributed by atoms with Gasteiger partial charge in [0.2, 0.25) is 11.8 Å². The van der Waals surface area contributed by atoms with Gasteiger partial charge < -0.3 is 9.47 Å². The Bertz CT molecular complexity index is 654. The minimum Gasteiger partial charge on any atom is -0.493 e. The van der Waals surface area contributed by atoms with Gasteiger partial charge in [0.05, 0.1) is 32.6 Å². The van der Waals surface area contributed by atoms with E-state index in [0.29, 0.717) is 24.3 Å². The SMILES string of the molecule is COc1cc(C)c(CN2C(=O)[C@H]3CC=CC[C@H]3C2=O)cc1OC. The minimum atomic E-state index is -0.187. The van der Waals surface area contributed by atoms with E-state index in [-0.39, 0.29) is 30.2 Å². The predicted octanol–water partition coefficient (Wildman–Crippen LogP) is 2.46. The molecule has 0 radical (unpaired) electrons. The number of hydrogen-bond donors (Lipinski definition) is 0. The summed E-state index contributed by atoms with van der Waals surface area (Å²) in [7, 11) is 3.16. The number of amides is 2. The van der Waals surface area contributed by atoms with Crippen molar-refractivity contribution < 1.29 is 19.1 Å². The number of allylic oxidation sites excluding steroid dienone is 2. The molecule has 1 aromatic carbocycles. The predicted molar refractivity (Wildman–Crippen MR) is 85.2 cm³/mol. The highest BCUT2D eigenvalue weighted by Crippen LogP contribution is 2.37. The molecule has 1 aliphatic heterocycles. The van der Waals surface area contributed by atoms with E-state index >= 15 is 0 Å². The van der Waals surface area contributed by atoms with E-state index in [1.165, 1.54) is 4.90 Å². The van der Waals surface area contributed by atoms with Crippen LogP contribution in [0.1, 0.15) is 24.0 Å². The summed E-state index contributed by atoms with van der Waals surface area (Å²) in [5.41, 5.74) is 1.87. The molecule has 0 N–H and O–H groups in total. The summed E-state index contributed by atoms with van der Waals surface area (Å²) in [4.78, 5) is 26.5. The van der Waals surface area contributed by atoms with E-state index in [4.69, 9.17) is 9.47 Å². The summed E-state index contributed by atoms with van der Waals surface area (Å²) in [5.74, 6) is 0.759. The van der Waals surface area contributed by atoms with Gasteiger partial charge in [-0.15, -0.1) is 0 Å². The lowest BCUT2D eigenvalue weighted by atomic mass is 9.85. The average Bonchev–Trinajstić information content (AvgIpc) is 2.81. The summed E-state index contributed by atoms with van der Waals surface area (Å²) in [5, 5.41) is 0. The fraction of sp³-hybridized carbons (Fsp3) is 0.444. The maximum atomic E-state index is 12.6. The molecule has 0 unspecified atom stereocenters. The number of hydrogen-bond acceptors (Lipinski definition) is 4. The van der Waals surface area contributed by atoms with Gasteiger partial charge in [0.15, 0.2) is 11.5 Å². The van der Waals surface area contributed by atoms with Gasteiger partial charge in [-0.1, -0.05) is 12.2 Å². The van der Waals surface area contributed by atoms with Gasteiger partial charge >= 0.3 is 0 Å². The first kappa shape index (κ1) is 15.6. The van der Waals surface area contributed by atoms with Gasteiger partial charge in [-0.05, 0) is 43.0 Å². The number of imide groups is 1. The first-order valence-corrected chi connectivity index (χ1v) is 7.78. The van der Waals surface area contributed by atoms with Crippen LogP contribution in [0, 0.1) is 18.8 Å². The van der Waals surface area contributed by atoms with Gasteiger partial charge in [-0.2, -0.15) is 0 Å². The highest BCUT2D eigenvalue weighted by molar-refractivity contribution is 6.05. The number of carbonyl (C=O) groups excluding carboxylic acids is 2. The van der Waals surface area contributed by atoms with Gasteiger partial charge in [0, 0.05) is 0 Å².